The molecule has 1 aromatic heterocycles. The number of methoxy groups -OCH3 is 1. The number of rotatable bonds is 5. The molecule has 0 saturated carbocycles. The molecule has 0 aliphatic heterocycles. The maximum Gasteiger partial charge on any atom is 0.224 e. The summed E-state index contributed by atoms with van der Waals surface area (Å²) in [6.07, 6.45) is 3.92. The topological polar surface area (TPSA) is 56.2 Å². The quantitative estimate of drug-likeness (QED) is 0.896. The van der Waals surface area contributed by atoms with Crippen LogP contribution < -0.4 is 10.1 Å². The fraction of sp³-hybridized carbons (Fsp3) is 0.286. The highest BCUT2D eigenvalue weighted by atomic mass is 16.5. The second-order valence-corrected chi connectivity index (χ2v) is 4.18. The van der Waals surface area contributed by atoms with Gasteiger partial charge in [-0.25, -0.2) is 0 Å². The minimum atomic E-state index is -0.0130. The Kier molecular flexibility index (Phi) is 4.18. The molecule has 0 saturated heterocycles. The molecule has 0 aliphatic rings. The van der Waals surface area contributed by atoms with E-state index in [0.29, 0.717) is 13.0 Å². The molecule has 0 radical (unpaired) electrons. The molecule has 100 valence electrons. The van der Waals surface area contributed by atoms with Crippen molar-refractivity contribution in [2.24, 2.45) is 0 Å². The van der Waals surface area contributed by atoms with Gasteiger partial charge in [0.05, 0.1) is 25.5 Å². The Bertz CT molecular complexity index is 563. The van der Waals surface area contributed by atoms with Gasteiger partial charge in [0.2, 0.25) is 5.91 Å². The van der Waals surface area contributed by atoms with Crippen LogP contribution in [0.25, 0.3) is 0 Å². The second kappa shape index (κ2) is 6.04. The number of aromatic nitrogens is 2. The summed E-state index contributed by atoms with van der Waals surface area (Å²) in [7, 11) is 1.64. The molecule has 5 nitrogen and oxygen atoms in total. The van der Waals surface area contributed by atoms with Crippen molar-refractivity contribution in [3.63, 3.8) is 0 Å². The number of nitrogens with one attached hydrogen (secondary N) is 1. The van der Waals surface area contributed by atoms with E-state index >= 15 is 0 Å². The van der Waals surface area contributed by atoms with Gasteiger partial charge in [0.1, 0.15) is 5.75 Å². The third kappa shape index (κ3) is 3.58. The predicted molar refractivity (Wildman–Crippen MR) is 73.2 cm³/mol. The average Bonchev–Trinajstić information content (AvgIpc) is 2.86. The molecule has 1 aromatic carbocycles. The van der Waals surface area contributed by atoms with Crippen LogP contribution in [0.5, 0.6) is 5.75 Å². The lowest BCUT2D eigenvalue weighted by Gasteiger charge is -2.04. The van der Waals surface area contributed by atoms with Gasteiger partial charge in [-0.1, -0.05) is 19.1 Å². The van der Waals surface area contributed by atoms with Crippen molar-refractivity contribution < 1.29 is 9.53 Å². The van der Waals surface area contributed by atoms with Gasteiger partial charge in [-0.15, -0.1) is 0 Å². The summed E-state index contributed by atoms with van der Waals surface area (Å²) in [6, 6.07) is 7.82. The van der Waals surface area contributed by atoms with Crippen molar-refractivity contribution in [1.82, 2.24) is 9.78 Å². The van der Waals surface area contributed by atoms with Crippen molar-refractivity contribution in [1.29, 1.82) is 0 Å². The van der Waals surface area contributed by atoms with Gasteiger partial charge in [0.25, 0.3) is 0 Å². The summed E-state index contributed by atoms with van der Waals surface area (Å²) in [4.78, 5) is 11.3. The van der Waals surface area contributed by atoms with Crippen LogP contribution in [-0.2, 0) is 11.3 Å². The standard InChI is InChI=1S/C14H17N3O2/c1-3-14(18)16-12-8-15-17(10-12)9-11-5-4-6-13(7-11)19-2/h4-8,10H,3,9H2,1-2H3,(H,16,18). The molecule has 5 heteroatoms. The number of hydrogen-bond acceptors (Lipinski definition) is 3. The van der Waals surface area contributed by atoms with Crippen LogP contribution in [-0.4, -0.2) is 22.8 Å². The molecular weight excluding hydrogens is 242 g/mol. The van der Waals surface area contributed by atoms with E-state index in [-0.39, 0.29) is 5.91 Å². The highest BCUT2D eigenvalue weighted by Gasteiger charge is 2.03. The zero-order chi connectivity index (χ0) is 13.7. The molecule has 19 heavy (non-hydrogen) atoms. The number of carbonyl (C=O) groups is 1. The summed E-state index contributed by atoms with van der Waals surface area (Å²) < 4.78 is 6.96. The lowest BCUT2D eigenvalue weighted by atomic mass is 10.2. The van der Waals surface area contributed by atoms with Crippen LogP contribution in [0, 0.1) is 0 Å². The highest BCUT2D eigenvalue weighted by molar-refractivity contribution is 5.90. The molecule has 0 aliphatic carbocycles. The first-order valence-corrected chi connectivity index (χ1v) is 6.16. The molecule has 1 heterocycles. The van der Waals surface area contributed by atoms with Crippen LogP contribution in [0.2, 0.25) is 0 Å². The number of benzene rings is 1. The van der Waals surface area contributed by atoms with Crippen LogP contribution in [0.4, 0.5) is 5.69 Å². The third-order valence-electron chi connectivity index (χ3n) is 2.72. The predicted octanol–water partition coefficient (Wildman–Crippen LogP) is 2.29. The fourth-order valence-corrected chi connectivity index (χ4v) is 1.72. The normalized spacial score (nSPS) is 10.2. The zero-order valence-corrected chi connectivity index (χ0v) is 11.1. The molecule has 2 rings (SSSR count). The van der Waals surface area contributed by atoms with E-state index in [1.807, 2.05) is 37.4 Å². The number of nitrogens with zero attached hydrogens (tertiary/aromatic N) is 2. The van der Waals surface area contributed by atoms with Crippen LogP contribution in [0.1, 0.15) is 18.9 Å². The molecule has 2 aromatic rings. The van der Waals surface area contributed by atoms with Crippen molar-refractivity contribution in [3.8, 4) is 5.75 Å². The number of anilines is 1. The van der Waals surface area contributed by atoms with E-state index in [1.54, 1.807) is 18.0 Å². The summed E-state index contributed by atoms with van der Waals surface area (Å²) in [5, 5.41) is 6.99. The van der Waals surface area contributed by atoms with E-state index in [0.717, 1.165) is 17.0 Å². The van der Waals surface area contributed by atoms with Crippen LogP contribution in [0.15, 0.2) is 36.7 Å². The third-order valence-corrected chi connectivity index (χ3v) is 2.72. The van der Waals surface area contributed by atoms with Crippen molar-refractivity contribution in [3.05, 3.63) is 42.2 Å². The molecule has 1 N–H and O–H groups in total. The van der Waals surface area contributed by atoms with E-state index in [4.69, 9.17) is 4.74 Å². The fourth-order valence-electron chi connectivity index (χ4n) is 1.72. The zero-order valence-electron chi connectivity index (χ0n) is 11.1. The molecule has 1 amide bonds. The van der Waals surface area contributed by atoms with E-state index < -0.39 is 0 Å². The van der Waals surface area contributed by atoms with Gasteiger partial charge >= 0.3 is 0 Å². The first-order chi connectivity index (χ1) is 9.21. The Labute approximate surface area is 112 Å². The lowest BCUT2D eigenvalue weighted by Crippen LogP contribution is -2.08. The first kappa shape index (κ1) is 13.1. The molecule has 0 atom stereocenters. The van der Waals surface area contributed by atoms with Gasteiger partial charge in [-0.05, 0) is 17.7 Å². The van der Waals surface area contributed by atoms with Gasteiger partial charge in [0.15, 0.2) is 0 Å². The maximum atomic E-state index is 11.3. The minimum Gasteiger partial charge on any atom is -0.497 e. The summed E-state index contributed by atoms with van der Waals surface area (Å²) in [6.45, 7) is 2.45. The van der Waals surface area contributed by atoms with E-state index in [2.05, 4.69) is 10.4 Å². The Morgan fingerprint density at radius 1 is 1.47 bits per heavy atom. The van der Waals surface area contributed by atoms with Crippen molar-refractivity contribution in [2.45, 2.75) is 19.9 Å². The van der Waals surface area contributed by atoms with Crippen molar-refractivity contribution in [2.75, 3.05) is 12.4 Å². The SMILES string of the molecule is CCC(=O)Nc1cnn(Cc2cccc(OC)c2)c1. The number of carbonyl (C=O) groups excluding carboxylic acids is 1. The summed E-state index contributed by atoms with van der Waals surface area (Å²) >= 11 is 0. The maximum absolute atomic E-state index is 11.3. The Hall–Kier alpha value is -2.30. The van der Waals surface area contributed by atoms with Gasteiger partial charge < -0.3 is 10.1 Å². The van der Waals surface area contributed by atoms with Crippen molar-refractivity contribution >= 4 is 11.6 Å². The summed E-state index contributed by atoms with van der Waals surface area (Å²) in [5.74, 6) is 0.810. The lowest BCUT2D eigenvalue weighted by molar-refractivity contribution is -0.115. The number of hydrogen-bond donors (Lipinski definition) is 1. The summed E-state index contributed by atoms with van der Waals surface area (Å²) in [5.41, 5.74) is 1.81. The van der Waals surface area contributed by atoms with Gasteiger partial charge in [0, 0.05) is 12.6 Å². The molecular formula is C14H17N3O2. The van der Waals surface area contributed by atoms with E-state index in [9.17, 15) is 4.79 Å². The smallest absolute Gasteiger partial charge is 0.224 e. The molecule has 0 spiro atoms. The van der Waals surface area contributed by atoms with Gasteiger partial charge in [-0.2, -0.15) is 5.10 Å². The van der Waals surface area contributed by atoms with Gasteiger partial charge in [-0.3, -0.25) is 9.48 Å². The Morgan fingerprint density at radius 3 is 3.05 bits per heavy atom. The number of amides is 1. The second-order valence-electron chi connectivity index (χ2n) is 4.18. The van der Waals surface area contributed by atoms with Crippen LogP contribution in [0.3, 0.4) is 0 Å². The highest BCUT2D eigenvalue weighted by Crippen LogP contribution is 2.14. The molecule has 0 bridgehead atoms. The van der Waals surface area contributed by atoms with Crippen LogP contribution >= 0.6 is 0 Å². The largest absolute Gasteiger partial charge is 0.497 e. The number of ether oxygens (including phenoxy) is 1. The van der Waals surface area contributed by atoms with E-state index in [1.165, 1.54) is 0 Å². The Morgan fingerprint density at radius 2 is 2.32 bits per heavy atom. The molecule has 0 fully saturated rings. The average molecular weight is 259 g/mol. The monoisotopic (exact) mass is 259 g/mol. The minimum absolute atomic E-state index is 0.0130. The Balaban J connectivity index is 2.04. The first-order valence-electron chi connectivity index (χ1n) is 6.16. The molecule has 0 unspecified atom stereocenters.